The SMILES string of the molecule is CCCCC/C=C\C/C=C\C/C=C\CCCCCCCCC(=O)NC(COP(=O)([O-])OCC[N+](C)(C)C)C(/C=C\CCCCCCCCCCC)OC(=O)CCCCCCCCCCCCCCCCCCCCCCCCCCCCC. The third-order valence-corrected chi connectivity index (χ3v) is 17.2. The van der Waals surface area contributed by atoms with Gasteiger partial charge in [-0.15, -0.1) is 0 Å². The summed E-state index contributed by atoms with van der Waals surface area (Å²) >= 11 is 0. The average molecular weight is 1190 g/mol. The van der Waals surface area contributed by atoms with Crippen molar-refractivity contribution in [2.45, 2.75) is 367 Å². The summed E-state index contributed by atoms with van der Waals surface area (Å²) in [4.78, 5) is 40.1. The van der Waals surface area contributed by atoms with Crippen LogP contribution in [0.25, 0.3) is 0 Å². The van der Waals surface area contributed by atoms with Crippen LogP contribution in [-0.4, -0.2) is 69.4 Å². The Labute approximate surface area is 516 Å². The van der Waals surface area contributed by atoms with E-state index >= 15 is 0 Å². The van der Waals surface area contributed by atoms with Gasteiger partial charge in [-0.3, -0.25) is 14.2 Å². The molecule has 1 N–H and O–H groups in total. The number of carbonyl (C=O) groups is 2. The number of unbranched alkanes of at least 4 members (excludes halogenated alkanes) is 44. The second kappa shape index (κ2) is 63.0. The quantitative estimate of drug-likeness (QED) is 0.0212. The summed E-state index contributed by atoms with van der Waals surface area (Å²) in [6.07, 6.45) is 79.6. The molecule has 0 aromatic rings. The smallest absolute Gasteiger partial charge is 0.306 e. The van der Waals surface area contributed by atoms with Crippen LogP contribution < -0.4 is 10.2 Å². The van der Waals surface area contributed by atoms with Crippen LogP contribution in [0.2, 0.25) is 0 Å². The lowest BCUT2D eigenvalue weighted by Crippen LogP contribution is -2.47. The Balaban J connectivity index is 4.96. The fourth-order valence-corrected chi connectivity index (χ4v) is 11.4. The highest BCUT2D eigenvalue weighted by Crippen LogP contribution is 2.38. The van der Waals surface area contributed by atoms with Crippen molar-refractivity contribution in [2.75, 3.05) is 40.9 Å². The number of hydrogen-bond donors (Lipinski definition) is 1. The molecule has 0 spiro atoms. The van der Waals surface area contributed by atoms with E-state index in [1.807, 2.05) is 33.3 Å². The number of esters is 1. The topological polar surface area (TPSA) is 114 Å². The minimum absolute atomic E-state index is 0.0239. The van der Waals surface area contributed by atoms with Crippen LogP contribution in [0, 0.1) is 0 Å². The first-order valence-corrected chi connectivity index (χ1v) is 37.4. The molecule has 0 aromatic heterocycles. The van der Waals surface area contributed by atoms with Crippen molar-refractivity contribution in [3.05, 3.63) is 48.6 Å². The molecule has 0 aliphatic carbocycles. The molecule has 0 fully saturated rings. The van der Waals surface area contributed by atoms with Gasteiger partial charge in [0.05, 0.1) is 33.8 Å². The van der Waals surface area contributed by atoms with E-state index in [1.54, 1.807) is 0 Å². The molecule has 1 amide bonds. The number of ether oxygens (including phenoxy) is 1. The molecule has 0 aromatic carbocycles. The molecule has 0 saturated heterocycles. The average Bonchev–Trinajstić information content (AvgIpc) is 3.52. The van der Waals surface area contributed by atoms with Gasteiger partial charge in [-0.2, -0.15) is 0 Å². The molecule has 3 unspecified atom stereocenters. The first-order chi connectivity index (χ1) is 40.4. The number of likely N-dealkylation sites (N-methyl/N-ethyl adjacent to an activating group) is 1. The molecule has 83 heavy (non-hydrogen) atoms. The number of nitrogens with one attached hydrogen (secondary N) is 1. The zero-order valence-electron chi connectivity index (χ0n) is 55.9. The van der Waals surface area contributed by atoms with E-state index < -0.39 is 26.6 Å². The van der Waals surface area contributed by atoms with E-state index in [9.17, 15) is 19.0 Å². The molecule has 0 bridgehead atoms. The van der Waals surface area contributed by atoms with E-state index in [1.165, 1.54) is 231 Å². The molecule has 0 heterocycles. The van der Waals surface area contributed by atoms with Crippen molar-refractivity contribution in [3.8, 4) is 0 Å². The maximum Gasteiger partial charge on any atom is 0.306 e. The zero-order chi connectivity index (χ0) is 60.7. The van der Waals surface area contributed by atoms with E-state index in [0.717, 1.165) is 89.9 Å². The lowest BCUT2D eigenvalue weighted by molar-refractivity contribution is -0.870. The standard InChI is InChI=1S/C73H139N2O7P/c1-7-10-13-16-19-22-25-27-29-31-33-34-35-36-37-38-39-40-42-44-46-48-51-54-57-60-63-66-73(77)82-71(64-61-58-55-52-49-24-21-18-15-12-9-3)70(69-81-83(78,79)80-68-67-75(4,5)6)74-72(76)65-62-59-56-53-50-47-45-43-41-32-30-28-26-23-20-17-14-11-8-2/h20,23,28,30,41,43,61,64,70-71H,7-19,21-22,24-27,29,31-40,42,44-60,62-63,65-69H2,1-6H3,(H-,74,76,78,79)/b23-20-,30-28-,43-41-,64-61-. The third kappa shape index (κ3) is 64.3. The fourth-order valence-electron chi connectivity index (χ4n) is 10.7. The first kappa shape index (κ1) is 81.0. The van der Waals surface area contributed by atoms with Gasteiger partial charge in [0.25, 0.3) is 7.82 Å². The van der Waals surface area contributed by atoms with Crippen LogP contribution >= 0.6 is 7.82 Å². The Morgan fingerprint density at radius 1 is 0.422 bits per heavy atom. The Bertz CT molecular complexity index is 1560. The Morgan fingerprint density at radius 2 is 0.735 bits per heavy atom. The van der Waals surface area contributed by atoms with Gasteiger partial charge in [0, 0.05) is 12.8 Å². The molecule has 9 nitrogen and oxygen atoms in total. The molecule has 0 aliphatic heterocycles. The molecule has 10 heteroatoms. The molecule has 0 rings (SSSR count). The predicted octanol–water partition coefficient (Wildman–Crippen LogP) is 22.2. The third-order valence-electron chi connectivity index (χ3n) is 16.3. The van der Waals surface area contributed by atoms with Crippen LogP contribution in [0.3, 0.4) is 0 Å². The number of phosphoric ester groups is 1. The molecule has 488 valence electrons. The lowest BCUT2D eigenvalue weighted by atomic mass is 10.0. The van der Waals surface area contributed by atoms with Gasteiger partial charge in [-0.05, 0) is 70.3 Å². The Kier molecular flexibility index (Phi) is 61.5. The van der Waals surface area contributed by atoms with Crippen LogP contribution in [0.15, 0.2) is 48.6 Å². The Morgan fingerprint density at radius 3 is 1.12 bits per heavy atom. The first-order valence-electron chi connectivity index (χ1n) is 35.9. The highest BCUT2D eigenvalue weighted by molar-refractivity contribution is 7.45. The van der Waals surface area contributed by atoms with E-state index in [2.05, 4.69) is 62.5 Å². The van der Waals surface area contributed by atoms with Gasteiger partial charge >= 0.3 is 5.97 Å². The number of rotatable bonds is 66. The van der Waals surface area contributed by atoms with Gasteiger partial charge in [0.15, 0.2) is 0 Å². The summed E-state index contributed by atoms with van der Waals surface area (Å²) < 4.78 is 30.4. The van der Waals surface area contributed by atoms with Gasteiger partial charge in [0.1, 0.15) is 19.3 Å². The van der Waals surface area contributed by atoms with Crippen molar-refractivity contribution in [3.63, 3.8) is 0 Å². The number of quaternary nitrogens is 1. The summed E-state index contributed by atoms with van der Waals surface area (Å²) in [5.41, 5.74) is 0. The second-order valence-electron chi connectivity index (χ2n) is 25.7. The number of carbonyl (C=O) groups excluding carboxylic acids is 2. The molecule has 0 saturated carbocycles. The highest BCUT2D eigenvalue weighted by atomic mass is 31.2. The Hall–Kier alpha value is -2.03. The molecule has 0 aliphatic rings. The van der Waals surface area contributed by atoms with Crippen molar-refractivity contribution in [2.24, 2.45) is 0 Å². The summed E-state index contributed by atoms with van der Waals surface area (Å²) in [5, 5.41) is 3.04. The number of amides is 1. The summed E-state index contributed by atoms with van der Waals surface area (Å²) in [7, 11) is 1.19. The van der Waals surface area contributed by atoms with Crippen molar-refractivity contribution < 1.29 is 37.3 Å². The minimum atomic E-state index is -4.70. The maximum atomic E-state index is 13.6. The molecule has 0 radical (unpaired) electrons. The monoisotopic (exact) mass is 1190 g/mol. The van der Waals surface area contributed by atoms with Gasteiger partial charge in [0.2, 0.25) is 5.91 Å². The number of nitrogens with zero attached hydrogens (tertiary/aromatic N) is 1. The molecule has 3 atom stereocenters. The normalized spacial score (nSPS) is 13.8. The van der Waals surface area contributed by atoms with Crippen molar-refractivity contribution >= 4 is 19.7 Å². The summed E-state index contributed by atoms with van der Waals surface area (Å²) in [6, 6.07) is -0.894. The number of phosphoric acid groups is 1. The predicted molar refractivity (Wildman–Crippen MR) is 358 cm³/mol. The maximum absolute atomic E-state index is 13.6. The molecular formula is C73H139N2O7P. The van der Waals surface area contributed by atoms with Crippen LogP contribution in [0.5, 0.6) is 0 Å². The summed E-state index contributed by atoms with van der Waals surface area (Å²) in [6.45, 7) is 6.85. The van der Waals surface area contributed by atoms with Crippen LogP contribution in [-0.2, 0) is 27.9 Å². The van der Waals surface area contributed by atoms with Gasteiger partial charge < -0.3 is 28.5 Å². The zero-order valence-corrected chi connectivity index (χ0v) is 56.8. The summed E-state index contributed by atoms with van der Waals surface area (Å²) in [5.74, 6) is -0.540. The van der Waals surface area contributed by atoms with Crippen LogP contribution in [0.4, 0.5) is 0 Å². The van der Waals surface area contributed by atoms with E-state index in [-0.39, 0.29) is 24.9 Å². The highest BCUT2D eigenvalue weighted by Gasteiger charge is 2.27. The lowest BCUT2D eigenvalue weighted by Gasteiger charge is -2.30. The number of hydrogen-bond acceptors (Lipinski definition) is 7. The largest absolute Gasteiger partial charge is 0.756 e. The van der Waals surface area contributed by atoms with Gasteiger partial charge in [-0.25, -0.2) is 0 Å². The van der Waals surface area contributed by atoms with Gasteiger partial charge in [-0.1, -0.05) is 320 Å². The van der Waals surface area contributed by atoms with Crippen LogP contribution in [0.1, 0.15) is 355 Å². The fraction of sp³-hybridized carbons (Fsp3) is 0.863. The van der Waals surface area contributed by atoms with E-state index in [0.29, 0.717) is 17.4 Å². The minimum Gasteiger partial charge on any atom is -0.756 e. The van der Waals surface area contributed by atoms with E-state index in [4.69, 9.17) is 13.8 Å². The number of allylic oxidation sites excluding steroid dienone is 7. The van der Waals surface area contributed by atoms with Crippen molar-refractivity contribution in [1.82, 2.24) is 5.32 Å². The van der Waals surface area contributed by atoms with Crippen molar-refractivity contribution in [1.29, 1.82) is 0 Å². The molecular weight excluding hydrogens is 1050 g/mol. The second-order valence-corrected chi connectivity index (χ2v) is 27.2.